The zero-order valence-electron chi connectivity index (χ0n) is 18.5. The van der Waals surface area contributed by atoms with E-state index in [1.807, 2.05) is 6.08 Å². The first kappa shape index (κ1) is 18.7. The van der Waals surface area contributed by atoms with Crippen LogP contribution in [0.1, 0.15) is 64.3 Å². The van der Waals surface area contributed by atoms with Crippen molar-refractivity contribution in [2.24, 2.45) is 11.3 Å². The Morgan fingerprint density at radius 2 is 1.93 bits per heavy atom. The maximum Gasteiger partial charge on any atom is 0.301 e. The minimum absolute atomic E-state index is 0.0708. The molecular formula is C26H30N2O2. The van der Waals surface area contributed by atoms with E-state index in [4.69, 9.17) is 11.3 Å². The standard InChI is InChI=1S/C26H30N2O2/c1-8-24(6)13-12-16-22(2,3)14-10-9-11-15-17(14)18-19(28-15)23(4,5)20-21(30-20)26(24,27-7)25(16,18)29/h8-11,16,20-21,28-29H,1,12-13H2,2-6H3/t16-,20+,21-,24-,25-,26+/m0/s1. The maximum atomic E-state index is 13.0. The summed E-state index contributed by atoms with van der Waals surface area (Å²) in [5, 5.41) is 14.2. The molecule has 2 heterocycles. The van der Waals surface area contributed by atoms with Gasteiger partial charge in [0, 0.05) is 33.5 Å². The summed E-state index contributed by atoms with van der Waals surface area (Å²) < 4.78 is 6.35. The third kappa shape index (κ3) is 1.55. The molecule has 1 aliphatic heterocycles. The third-order valence-corrected chi connectivity index (χ3v) is 9.56. The van der Waals surface area contributed by atoms with Gasteiger partial charge in [0.1, 0.15) is 6.10 Å². The van der Waals surface area contributed by atoms with E-state index >= 15 is 0 Å². The highest BCUT2D eigenvalue weighted by atomic mass is 16.6. The molecule has 156 valence electrons. The molecule has 2 aromatic rings. The number of fused-ring (bicyclic) bond motifs is 2. The first-order valence-electron chi connectivity index (χ1n) is 11.1. The van der Waals surface area contributed by atoms with Crippen molar-refractivity contribution in [3.05, 3.63) is 59.1 Å². The van der Waals surface area contributed by atoms with Crippen molar-refractivity contribution in [1.82, 2.24) is 4.98 Å². The Morgan fingerprint density at radius 1 is 1.20 bits per heavy atom. The van der Waals surface area contributed by atoms with Crippen LogP contribution in [0.5, 0.6) is 0 Å². The lowest BCUT2D eigenvalue weighted by Gasteiger charge is -2.59. The third-order valence-electron chi connectivity index (χ3n) is 9.56. The molecule has 4 aliphatic rings. The van der Waals surface area contributed by atoms with Gasteiger partial charge >= 0.3 is 5.54 Å². The molecule has 4 nitrogen and oxygen atoms in total. The second-order valence-corrected chi connectivity index (χ2v) is 11.4. The van der Waals surface area contributed by atoms with E-state index in [1.54, 1.807) is 0 Å². The predicted octanol–water partition coefficient (Wildman–Crippen LogP) is 4.97. The monoisotopic (exact) mass is 402 g/mol. The molecule has 1 aromatic heterocycles. The van der Waals surface area contributed by atoms with Crippen LogP contribution in [0.15, 0.2) is 30.9 Å². The summed E-state index contributed by atoms with van der Waals surface area (Å²) in [5.74, 6) is -0.0708. The number of nitrogens with one attached hydrogen (secondary N) is 1. The Hall–Kier alpha value is -2.09. The van der Waals surface area contributed by atoms with Gasteiger partial charge in [-0.1, -0.05) is 45.9 Å². The highest BCUT2D eigenvalue weighted by Crippen LogP contribution is 2.73. The predicted molar refractivity (Wildman–Crippen MR) is 117 cm³/mol. The van der Waals surface area contributed by atoms with Crippen molar-refractivity contribution in [2.75, 3.05) is 0 Å². The van der Waals surface area contributed by atoms with Crippen LogP contribution in [0.2, 0.25) is 0 Å². The Labute approximate surface area is 178 Å². The molecule has 1 saturated carbocycles. The Balaban J connectivity index is 1.88. The highest BCUT2D eigenvalue weighted by molar-refractivity contribution is 5.92. The second kappa shape index (κ2) is 4.87. The lowest BCUT2D eigenvalue weighted by Crippen LogP contribution is -2.71. The van der Waals surface area contributed by atoms with Crippen LogP contribution in [0.3, 0.4) is 0 Å². The summed E-state index contributed by atoms with van der Waals surface area (Å²) in [6.45, 7) is 23.7. The fourth-order valence-corrected chi connectivity index (χ4v) is 7.83. The summed E-state index contributed by atoms with van der Waals surface area (Å²) in [6, 6.07) is 6.43. The van der Waals surface area contributed by atoms with Crippen LogP contribution in [-0.4, -0.2) is 27.8 Å². The molecule has 0 radical (unpaired) electrons. The van der Waals surface area contributed by atoms with Gasteiger partial charge in [-0.25, -0.2) is 6.57 Å². The van der Waals surface area contributed by atoms with E-state index in [1.165, 1.54) is 5.56 Å². The molecule has 0 unspecified atom stereocenters. The average Bonchev–Trinajstić information content (AvgIpc) is 3.40. The van der Waals surface area contributed by atoms with Crippen LogP contribution < -0.4 is 0 Å². The molecule has 6 rings (SSSR count). The molecule has 2 fully saturated rings. The largest absolute Gasteiger partial charge is 0.377 e. The van der Waals surface area contributed by atoms with Crippen LogP contribution in [-0.2, 0) is 21.2 Å². The normalized spacial score (nSPS) is 44.0. The van der Waals surface area contributed by atoms with Gasteiger partial charge in [-0.2, -0.15) is 0 Å². The molecule has 1 saturated heterocycles. The highest BCUT2D eigenvalue weighted by Gasteiger charge is 2.86. The van der Waals surface area contributed by atoms with Gasteiger partial charge < -0.3 is 19.7 Å². The van der Waals surface area contributed by atoms with Gasteiger partial charge in [-0.15, -0.1) is 6.58 Å². The van der Waals surface area contributed by atoms with Crippen LogP contribution in [0, 0.1) is 17.9 Å². The number of rotatable bonds is 1. The molecule has 0 bridgehead atoms. The van der Waals surface area contributed by atoms with Gasteiger partial charge in [-0.3, -0.25) is 0 Å². The Morgan fingerprint density at radius 3 is 2.60 bits per heavy atom. The quantitative estimate of drug-likeness (QED) is 0.402. The van der Waals surface area contributed by atoms with E-state index in [2.05, 4.69) is 69.2 Å². The molecule has 3 aliphatic carbocycles. The van der Waals surface area contributed by atoms with Gasteiger partial charge in [0.25, 0.3) is 0 Å². The summed E-state index contributed by atoms with van der Waals surface area (Å²) >= 11 is 0. The zero-order valence-corrected chi connectivity index (χ0v) is 18.5. The molecular weight excluding hydrogens is 372 g/mol. The summed E-state index contributed by atoms with van der Waals surface area (Å²) in [7, 11) is 0. The van der Waals surface area contributed by atoms with E-state index in [-0.39, 0.29) is 29.0 Å². The van der Waals surface area contributed by atoms with Crippen molar-refractivity contribution in [3.63, 3.8) is 0 Å². The van der Waals surface area contributed by atoms with Crippen LogP contribution in [0.25, 0.3) is 15.7 Å². The zero-order chi connectivity index (χ0) is 21.5. The number of hydrogen-bond acceptors (Lipinski definition) is 2. The number of aromatic nitrogens is 1. The molecule has 4 heteroatoms. The number of nitrogens with zero attached hydrogens (tertiary/aromatic N) is 1. The molecule has 2 N–H and O–H groups in total. The lowest BCUT2D eigenvalue weighted by atomic mass is 9.43. The van der Waals surface area contributed by atoms with E-state index in [0.29, 0.717) is 0 Å². The molecule has 6 atom stereocenters. The number of aromatic amines is 1. The molecule has 0 spiro atoms. The molecule has 0 amide bonds. The number of H-pyrrole nitrogens is 1. The summed E-state index contributed by atoms with van der Waals surface area (Å²) in [4.78, 5) is 8.05. The Kier molecular flexibility index (Phi) is 3.03. The number of aliphatic hydroxyl groups is 1. The van der Waals surface area contributed by atoms with E-state index < -0.39 is 16.6 Å². The number of ether oxygens (including phenoxy) is 1. The summed E-state index contributed by atoms with van der Waals surface area (Å²) in [5.41, 5.74) is 0.791. The van der Waals surface area contributed by atoms with Crippen molar-refractivity contribution in [3.8, 4) is 0 Å². The van der Waals surface area contributed by atoms with Gasteiger partial charge in [0.15, 0.2) is 11.7 Å². The van der Waals surface area contributed by atoms with Crippen molar-refractivity contribution >= 4 is 10.9 Å². The first-order valence-corrected chi connectivity index (χ1v) is 11.1. The van der Waals surface area contributed by atoms with Gasteiger partial charge in [0.05, 0.1) is 5.41 Å². The average molecular weight is 403 g/mol. The van der Waals surface area contributed by atoms with Crippen LogP contribution >= 0.6 is 0 Å². The Bertz CT molecular complexity index is 1180. The number of benzene rings is 1. The summed E-state index contributed by atoms with van der Waals surface area (Å²) in [6.07, 6.45) is 3.19. The lowest BCUT2D eigenvalue weighted by molar-refractivity contribution is -0.167. The van der Waals surface area contributed by atoms with E-state index in [9.17, 15) is 5.11 Å². The van der Waals surface area contributed by atoms with E-state index in [0.717, 1.165) is 35.0 Å². The molecule has 30 heavy (non-hydrogen) atoms. The topological polar surface area (TPSA) is 52.9 Å². The van der Waals surface area contributed by atoms with Gasteiger partial charge in [0.2, 0.25) is 0 Å². The smallest absolute Gasteiger partial charge is 0.301 e. The van der Waals surface area contributed by atoms with Crippen LogP contribution in [0.4, 0.5) is 0 Å². The van der Waals surface area contributed by atoms with Crippen molar-refractivity contribution < 1.29 is 9.84 Å². The molecule has 1 aromatic carbocycles. The van der Waals surface area contributed by atoms with Gasteiger partial charge in [-0.05, 0) is 36.8 Å². The number of hydrogen-bond donors (Lipinski definition) is 2. The maximum absolute atomic E-state index is 13.0. The SMILES string of the molecule is [C-]#[N+][C@@]12[C@H]3O[C@H]3C(C)(C)c3[nH]c4cccc5c4c3[C@@]1(O)[C@@H](CC[C@]2(C)C=C)C5(C)C. The van der Waals surface area contributed by atoms with Crippen molar-refractivity contribution in [2.45, 2.75) is 81.6 Å². The minimum Gasteiger partial charge on any atom is -0.377 e. The fourth-order valence-electron chi connectivity index (χ4n) is 7.83. The van der Waals surface area contributed by atoms with Crippen molar-refractivity contribution in [1.29, 1.82) is 0 Å². The first-order chi connectivity index (χ1) is 14.0. The fraction of sp³-hybridized carbons (Fsp3) is 0.577. The second-order valence-electron chi connectivity index (χ2n) is 11.4. The minimum atomic E-state index is -1.31. The number of epoxide rings is 1.